The van der Waals surface area contributed by atoms with Crippen molar-refractivity contribution in [3.63, 3.8) is 0 Å². The molecule has 0 saturated carbocycles. The number of amides is 3. The van der Waals surface area contributed by atoms with Crippen molar-refractivity contribution in [3.8, 4) is 0 Å². The molecule has 2 aromatic carbocycles. The Bertz CT molecular complexity index is 1070. The normalized spacial score (nSPS) is 11.6. The Hall–Kier alpha value is -3.72. The lowest BCUT2D eigenvalue weighted by Gasteiger charge is -2.14. The molecule has 1 heterocycles. The number of nitrogens with one attached hydrogen (secondary N) is 3. The van der Waals surface area contributed by atoms with E-state index in [1.807, 2.05) is 0 Å². The van der Waals surface area contributed by atoms with Gasteiger partial charge in [-0.15, -0.1) is 0 Å². The predicted molar refractivity (Wildman–Crippen MR) is 106 cm³/mol. The van der Waals surface area contributed by atoms with Crippen LogP contribution in [0.5, 0.6) is 0 Å². The summed E-state index contributed by atoms with van der Waals surface area (Å²) >= 11 is 0. The standard InChI is InChI=1S/C21H19F2N3O4/c1-12-16(7-8-30-12)20(28)26-18-10-15(5-6-17(18)23)25-21(29)24-11-19(27)13-3-2-4-14(22)9-13/h2-10,19,27H,11H2,1H3,(H,26,28)(H2,24,25,29). The minimum Gasteiger partial charge on any atom is -0.469 e. The van der Waals surface area contributed by atoms with E-state index < -0.39 is 29.7 Å². The molecule has 0 aliphatic heterocycles. The van der Waals surface area contributed by atoms with E-state index in [2.05, 4.69) is 16.0 Å². The van der Waals surface area contributed by atoms with Gasteiger partial charge in [0.25, 0.3) is 5.91 Å². The summed E-state index contributed by atoms with van der Waals surface area (Å²) < 4.78 is 32.3. The molecule has 30 heavy (non-hydrogen) atoms. The smallest absolute Gasteiger partial charge is 0.319 e. The molecule has 0 aliphatic rings. The van der Waals surface area contributed by atoms with E-state index in [4.69, 9.17) is 4.42 Å². The van der Waals surface area contributed by atoms with Gasteiger partial charge in [-0.1, -0.05) is 12.1 Å². The fraction of sp³-hybridized carbons (Fsp3) is 0.143. The van der Waals surface area contributed by atoms with Gasteiger partial charge in [-0.25, -0.2) is 13.6 Å². The van der Waals surface area contributed by atoms with Crippen LogP contribution in [0.4, 0.5) is 25.0 Å². The molecule has 0 fully saturated rings. The van der Waals surface area contributed by atoms with Gasteiger partial charge in [0.1, 0.15) is 17.4 Å². The second-order valence-corrected chi connectivity index (χ2v) is 6.45. The first kappa shape index (κ1) is 21.0. The Morgan fingerprint density at radius 1 is 1.10 bits per heavy atom. The second-order valence-electron chi connectivity index (χ2n) is 6.45. The number of carbonyl (C=O) groups excluding carboxylic acids is 2. The van der Waals surface area contributed by atoms with Crippen molar-refractivity contribution in [2.75, 3.05) is 17.2 Å². The van der Waals surface area contributed by atoms with Crippen LogP contribution in [0.3, 0.4) is 0 Å². The molecule has 7 nitrogen and oxygen atoms in total. The number of anilines is 2. The molecular weight excluding hydrogens is 396 g/mol. The quantitative estimate of drug-likeness (QED) is 0.489. The van der Waals surface area contributed by atoms with E-state index in [9.17, 15) is 23.5 Å². The average Bonchev–Trinajstić information content (AvgIpc) is 3.14. The van der Waals surface area contributed by atoms with Crippen molar-refractivity contribution in [1.29, 1.82) is 0 Å². The minimum atomic E-state index is -1.10. The molecule has 3 rings (SSSR count). The Kier molecular flexibility index (Phi) is 6.43. The summed E-state index contributed by atoms with van der Waals surface area (Å²) in [7, 11) is 0. The van der Waals surface area contributed by atoms with Gasteiger partial charge >= 0.3 is 6.03 Å². The third-order valence-corrected chi connectivity index (χ3v) is 4.27. The highest BCUT2D eigenvalue weighted by atomic mass is 19.1. The fourth-order valence-electron chi connectivity index (χ4n) is 2.71. The summed E-state index contributed by atoms with van der Waals surface area (Å²) in [6.45, 7) is 1.44. The highest BCUT2D eigenvalue weighted by molar-refractivity contribution is 6.05. The van der Waals surface area contributed by atoms with E-state index in [1.165, 1.54) is 48.7 Å². The lowest BCUT2D eigenvalue weighted by Crippen LogP contribution is -2.32. The SMILES string of the molecule is Cc1occc1C(=O)Nc1cc(NC(=O)NCC(O)c2cccc(F)c2)ccc1F. The van der Waals surface area contributed by atoms with Gasteiger partial charge in [0.2, 0.25) is 0 Å². The minimum absolute atomic E-state index is 0.127. The van der Waals surface area contributed by atoms with Crippen molar-refractivity contribution < 1.29 is 27.9 Å². The van der Waals surface area contributed by atoms with Crippen LogP contribution in [-0.4, -0.2) is 23.6 Å². The van der Waals surface area contributed by atoms with Crippen LogP contribution < -0.4 is 16.0 Å². The van der Waals surface area contributed by atoms with Crippen molar-refractivity contribution >= 4 is 23.3 Å². The number of rotatable bonds is 6. The lowest BCUT2D eigenvalue weighted by molar-refractivity contribution is 0.102. The zero-order valence-corrected chi connectivity index (χ0v) is 15.9. The Labute approximate surface area is 170 Å². The van der Waals surface area contributed by atoms with Crippen LogP contribution in [0.2, 0.25) is 0 Å². The van der Waals surface area contributed by atoms with Gasteiger partial charge in [0, 0.05) is 12.2 Å². The summed E-state index contributed by atoms with van der Waals surface area (Å²) in [6, 6.07) is 9.85. The van der Waals surface area contributed by atoms with Crippen LogP contribution in [0.15, 0.2) is 59.2 Å². The maximum Gasteiger partial charge on any atom is 0.319 e. The molecule has 9 heteroatoms. The summed E-state index contributed by atoms with van der Waals surface area (Å²) in [5, 5.41) is 17.4. The molecule has 0 spiro atoms. The number of aliphatic hydroxyl groups is 1. The van der Waals surface area contributed by atoms with Gasteiger partial charge in [0.15, 0.2) is 0 Å². The average molecular weight is 415 g/mol. The summed E-state index contributed by atoms with van der Waals surface area (Å²) in [5.41, 5.74) is 0.667. The molecule has 0 aliphatic carbocycles. The van der Waals surface area contributed by atoms with Crippen LogP contribution in [-0.2, 0) is 0 Å². The summed E-state index contributed by atoms with van der Waals surface area (Å²) in [5.74, 6) is -1.35. The Morgan fingerprint density at radius 3 is 2.60 bits per heavy atom. The number of aliphatic hydroxyl groups excluding tert-OH is 1. The molecule has 0 radical (unpaired) electrons. The number of carbonyl (C=O) groups is 2. The van der Waals surface area contributed by atoms with E-state index in [1.54, 1.807) is 6.92 Å². The summed E-state index contributed by atoms with van der Waals surface area (Å²) in [6.07, 6.45) is 0.244. The molecule has 4 N–H and O–H groups in total. The maximum absolute atomic E-state index is 14.1. The first-order valence-corrected chi connectivity index (χ1v) is 8.97. The highest BCUT2D eigenvalue weighted by Gasteiger charge is 2.15. The molecule has 3 aromatic rings. The van der Waals surface area contributed by atoms with Gasteiger partial charge < -0.3 is 25.5 Å². The van der Waals surface area contributed by atoms with E-state index in [0.717, 1.165) is 6.07 Å². The zero-order chi connectivity index (χ0) is 21.7. The van der Waals surface area contributed by atoms with Crippen molar-refractivity contribution in [2.45, 2.75) is 13.0 Å². The largest absolute Gasteiger partial charge is 0.469 e. The third kappa shape index (κ3) is 5.21. The number of hydrogen-bond acceptors (Lipinski definition) is 4. The molecular formula is C21H19F2N3O4. The number of hydrogen-bond donors (Lipinski definition) is 4. The first-order valence-electron chi connectivity index (χ1n) is 8.97. The molecule has 3 amide bonds. The number of furan rings is 1. The van der Waals surface area contributed by atoms with E-state index >= 15 is 0 Å². The van der Waals surface area contributed by atoms with Crippen LogP contribution in [0, 0.1) is 18.6 Å². The molecule has 156 valence electrons. The number of aryl methyl sites for hydroxylation is 1. The fourth-order valence-corrected chi connectivity index (χ4v) is 2.71. The lowest BCUT2D eigenvalue weighted by atomic mass is 10.1. The monoisotopic (exact) mass is 415 g/mol. The van der Waals surface area contributed by atoms with Crippen molar-refractivity contribution in [1.82, 2.24) is 5.32 Å². The zero-order valence-electron chi connectivity index (χ0n) is 15.9. The molecule has 1 atom stereocenters. The number of urea groups is 1. The third-order valence-electron chi connectivity index (χ3n) is 4.27. The topological polar surface area (TPSA) is 104 Å². The van der Waals surface area contributed by atoms with Crippen LogP contribution in [0.25, 0.3) is 0 Å². The molecule has 1 aromatic heterocycles. The number of benzene rings is 2. The maximum atomic E-state index is 14.1. The van der Waals surface area contributed by atoms with Crippen molar-refractivity contribution in [2.24, 2.45) is 0 Å². The van der Waals surface area contributed by atoms with Gasteiger partial charge in [-0.05, 0) is 48.9 Å². The second kappa shape index (κ2) is 9.19. The van der Waals surface area contributed by atoms with Crippen LogP contribution in [0.1, 0.15) is 27.8 Å². The van der Waals surface area contributed by atoms with E-state index in [-0.39, 0.29) is 23.5 Å². The predicted octanol–water partition coefficient (Wildman–Crippen LogP) is 3.97. The van der Waals surface area contributed by atoms with E-state index in [0.29, 0.717) is 11.3 Å². The number of halogens is 2. The van der Waals surface area contributed by atoms with Gasteiger partial charge in [-0.2, -0.15) is 0 Å². The van der Waals surface area contributed by atoms with Crippen molar-refractivity contribution in [3.05, 3.63) is 83.3 Å². The van der Waals surface area contributed by atoms with Gasteiger partial charge in [0.05, 0.1) is 23.6 Å². The van der Waals surface area contributed by atoms with Gasteiger partial charge in [-0.3, -0.25) is 4.79 Å². The molecule has 0 bridgehead atoms. The van der Waals surface area contributed by atoms with Crippen LogP contribution >= 0.6 is 0 Å². The Balaban J connectivity index is 1.59. The first-order chi connectivity index (χ1) is 14.3. The molecule has 1 unspecified atom stereocenters. The highest BCUT2D eigenvalue weighted by Crippen LogP contribution is 2.21. The molecule has 0 saturated heterocycles. The Morgan fingerprint density at radius 2 is 1.90 bits per heavy atom. The summed E-state index contributed by atoms with van der Waals surface area (Å²) in [4.78, 5) is 24.3.